The molecular weight excluding hydrogens is 400 g/mol. The molecule has 0 N–H and O–H groups in total. The van der Waals surface area contributed by atoms with Gasteiger partial charge in [-0.25, -0.2) is 0 Å². The maximum absolute atomic E-state index is 13.3. The molecule has 1 aliphatic rings. The molecule has 1 atom stereocenters. The zero-order chi connectivity index (χ0) is 21.3. The SMILES string of the molecule is COc1cc2c(cc1OC)C(c1ccc(Cl)cc1)N(c1cccc(C#N)c1)C(=O)C2. The van der Waals surface area contributed by atoms with Crippen LogP contribution in [0.3, 0.4) is 0 Å². The first-order chi connectivity index (χ1) is 14.5. The van der Waals surface area contributed by atoms with Gasteiger partial charge in [-0.2, -0.15) is 5.26 Å². The molecule has 1 heterocycles. The zero-order valence-corrected chi connectivity index (χ0v) is 17.3. The van der Waals surface area contributed by atoms with Crippen molar-refractivity contribution in [2.24, 2.45) is 0 Å². The van der Waals surface area contributed by atoms with E-state index in [-0.39, 0.29) is 12.3 Å². The average molecular weight is 419 g/mol. The fourth-order valence-electron chi connectivity index (χ4n) is 3.87. The Bertz CT molecular complexity index is 1150. The second kappa shape index (κ2) is 8.10. The van der Waals surface area contributed by atoms with Gasteiger partial charge in [0.2, 0.25) is 5.91 Å². The lowest BCUT2D eigenvalue weighted by Gasteiger charge is -2.38. The third kappa shape index (κ3) is 3.47. The number of hydrogen-bond donors (Lipinski definition) is 0. The van der Waals surface area contributed by atoms with Gasteiger partial charge in [0.25, 0.3) is 0 Å². The highest BCUT2D eigenvalue weighted by Crippen LogP contribution is 2.43. The first-order valence-corrected chi connectivity index (χ1v) is 9.76. The minimum Gasteiger partial charge on any atom is -0.493 e. The van der Waals surface area contributed by atoms with E-state index in [2.05, 4.69) is 6.07 Å². The standard InChI is InChI=1S/C24H19ClN2O3/c1-29-21-11-17-12-23(28)27(19-5-3-4-15(10-19)14-26)24(20(17)13-22(21)30-2)16-6-8-18(25)9-7-16/h3-11,13,24H,12H2,1-2H3. The van der Waals surface area contributed by atoms with Crippen LogP contribution in [0.2, 0.25) is 5.02 Å². The Morgan fingerprint density at radius 1 is 1.03 bits per heavy atom. The summed E-state index contributed by atoms with van der Waals surface area (Å²) >= 11 is 6.11. The van der Waals surface area contributed by atoms with Crippen LogP contribution >= 0.6 is 11.6 Å². The van der Waals surface area contributed by atoms with E-state index < -0.39 is 6.04 Å². The molecule has 0 radical (unpaired) electrons. The van der Waals surface area contributed by atoms with Crippen molar-refractivity contribution in [3.05, 3.63) is 87.9 Å². The lowest BCUT2D eigenvalue weighted by atomic mass is 9.86. The topological polar surface area (TPSA) is 62.6 Å². The molecule has 0 aliphatic carbocycles. The van der Waals surface area contributed by atoms with Crippen molar-refractivity contribution in [3.63, 3.8) is 0 Å². The molecule has 1 unspecified atom stereocenters. The maximum Gasteiger partial charge on any atom is 0.232 e. The number of nitriles is 1. The van der Waals surface area contributed by atoms with E-state index in [0.29, 0.717) is 27.8 Å². The molecule has 0 spiro atoms. The van der Waals surface area contributed by atoms with Crippen LogP contribution in [0.15, 0.2) is 60.7 Å². The van der Waals surface area contributed by atoms with Crippen LogP contribution in [0.5, 0.6) is 11.5 Å². The number of fused-ring (bicyclic) bond motifs is 1. The number of carbonyl (C=O) groups is 1. The van der Waals surface area contributed by atoms with Crippen molar-refractivity contribution in [1.29, 1.82) is 5.26 Å². The summed E-state index contributed by atoms with van der Waals surface area (Å²) in [6.45, 7) is 0. The number of halogens is 1. The second-order valence-corrected chi connectivity index (χ2v) is 7.40. The molecular formula is C24H19ClN2O3. The van der Waals surface area contributed by atoms with Gasteiger partial charge in [-0.1, -0.05) is 29.8 Å². The summed E-state index contributed by atoms with van der Waals surface area (Å²) in [6, 6.07) is 20.0. The van der Waals surface area contributed by atoms with Crippen LogP contribution in [0.25, 0.3) is 0 Å². The number of amides is 1. The van der Waals surface area contributed by atoms with Gasteiger partial charge < -0.3 is 14.4 Å². The summed E-state index contributed by atoms with van der Waals surface area (Å²) in [5.41, 5.74) is 3.89. The summed E-state index contributed by atoms with van der Waals surface area (Å²) in [4.78, 5) is 15.0. The summed E-state index contributed by atoms with van der Waals surface area (Å²) in [5, 5.41) is 9.94. The quantitative estimate of drug-likeness (QED) is 0.604. The van der Waals surface area contributed by atoms with Crippen LogP contribution in [0, 0.1) is 11.3 Å². The first-order valence-electron chi connectivity index (χ1n) is 9.38. The minimum absolute atomic E-state index is 0.0650. The number of hydrogen-bond acceptors (Lipinski definition) is 4. The van der Waals surface area contributed by atoms with E-state index in [1.165, 1.54) is 0 Å². The minimum atomic E-state index is -0.396. The van der Waals surface area contributed by atoms with Crippen molar-refractivity contribution < 1.29 is 14.3 Å². The Kier molecular flexibility index (Phi) is 5.35. The maximum atomic E-state index is 13.3. The molecule has 5 nitrogen and oxygen atoms in total. The lowest BCUT2D eigenvalue weighted by molar-refractivity contribution is -0.118. The lowest BCUT2D eigenvalue weighted by Crippen LogP contribution is -2.41. The highest BCUT2D eigenvalue weighted by atomic mass is 35.5. The molecule has 0 fully saturated rings. The van der Waals surface area contributed by atoms with E-state index in [9.17, 15) is 10.1 Å². The van der Waals surface area contributed by atoms with Gasteiger partial charge >= 0.3 is 0 Å². The summed E-state index contributed by atoms with van der Waals surface area (Å²) < 4.78 is 10.9. The van der Waals surface area contributed by atoms with E-state index >= 15 is 0 Å². The molecule has 0 bridgehead atoms. The Morgan fingerprint density at radius 3 is 2.40 bits per heavy atom. The van der Waals surface area contributed by atoms with Crippen molar-refractivity contribution >= 4 is 23.2 Å². The van der Waals surface area contributed by atoms with Crippen molar-refractivity contribution in [2.75, 3.05) is 19.1 Å². The molecule has 3 aromatic rings. The molecule has 3 aromatic carbocycles. The Morgan fingerprint density at radius 2 is 1.73 bits per heavy atom. The van der Waals surface area contributed by atoms with E-state index in [1.807, 2.05) is 30.3 Å². The molecule has 150 valence electrons. The molecule has 30 heavy (non-hydrogen) atoms. The zero-order valence-electron chi connectivity index (χ0n) is 16.6. The van der Waals surface area contributed by atoms with Crippen LogP contribution in [-0.2, 0) is 11.2 Å². The number of benzene rings is 3. The number of carbonyl (C=O) groups excluding carboxylic acids is 1. The number of anilines is 1. The summed E-state index contributed by atoms with van der Waals surface area (Å²) in [5.74, 6) is 1.11. The molecule has 1 amide bonds. The van der Waals surface area contributed by atoms with E-state index in [4.69, 9.17) is 21.1 Å². The van der Waals surface area contributed by atoms with E-state index in [0.717, 1.165) is 16.7 Å². The van der Waals surface area contributed by atoms with Gasteiger partial charge in [0.15, 0.2) is 11.5 Å². The first kappa shape index (κ1) is 19.8. The normalized spacial score (nSPS) is 15.3. The van der Waals surface area contributed by atoms with Gasteiger partial charge in [-0.05, 0) is 59.2 Å². The Hall–Kier alpha value is -3.49. The summed E-state index contributed by atoms with van der Waals surface area (Å²) in [6.07, 6.45) is 0.219. The molecule has 0 saturated carbocycles. The monoisotopic (exact) mass is 418 g/mol. The molecule has 0 saturated heterocycles. The fourth-order valence-corrected chi connectivity index (χ4v) is 3.99. The van der Waals surface area contributed by atoms with Gasteiger partial charge in [-0.3, -0.25) is 4.79 Å². The number of rotatable bonds is 4. The van der Waals surface area contributed by atoms with Crippen LogP contribution in [0.4, 0.5) is 5.69 Å². The van der Waals surface area contributed by atoms with Gasteiger partial charge in [-0.15, -0.1) is 0 Å². The highest BCUT2D eigenvalue weighted by molar-refractivity contribution is 6.30. The van der Waals surface area contributed by atoms with Gasteiger partial charge in [0, 0.05) is 10.7 Å². The molecule has 4 rings (SSSR count). The number of nitrogens with zero attached hydrogens (tertiary/aromatic N) is 2. The smallest absolute Gasteiger partial charge is 0.232 e. The summed E-state index contributed by atoms with van der Waals surface area (Å²) in [7, 11) is 3.16. The Balaban J connectivity index is 1.95. The Labute approximate surface area is 180 Å². The molecule has 1 aliphatic heterocycles. The van der Waals surface area contributed by atoms with Crippen LogP contribution in [0.1, 0.15) is 28.3 Å². The molecule has 0 aromatic heterocycles. The highest BCUT2D eigenvalue weighted by Gasteiger charge is 2.36. The van der Waals surface area contributed by atoms with Crippen LogP contribution < -0.4 is 14.4 Å². The van der Waals surface area contributed by atoms with Crippen molar-refractivity contribution in [3.8, 4) is 17.6 Å². The average Bonchev–Trinajstić information content (AvgIpc) is 2.78. The van der Waals surface area contributed by atoms with Crippen molar-refractivity contribution in [1.82, 2.24) is 0 Å². The molecule has 6 heteroatoms. The largest absolute Gasteiger partial charge is 0.493 e. The van der Waals surface area contributed by atoms with Crippen molar-refractivity contribution in [2.45, 2.75) is 12.5 Å². The number of ether oxygens (including phenoxy) is 2. The predicted octanol–water partition coefficient (Wildman–Crippen LogP) is 4.91. The third-order valence-electron chi connectivity index (χ3n) is 5.25. The fraction of sp³-hybridized carbons (Fsp3) is 0.167. The van der Waals surface area contributed by atoms with Gasteiger partial charge in [0.1, 0.15) is 0 Å². The second-order valence-electron chi connectivity index (χ2n) is 6.96. The van der Waals surface area contributed by atoms with E-state index in [1.54, 1.807) is 49.5 Å². The predicted molar refractivity (Wildman–Crippen MR) is 115 cm³/mol. The van der Waals surface area contributed by atoms with Crippen LogP contribution in [-0.4, -0.2) is 20.1 Å². The number of methoxy groups -OCH3 is 2. The third-order valence-corrected chi connectivity index (χ3v) is 5.50. The van der Waals surface area contributed by atoms with Gasteiger partial charge in [0.05, 0.1) is 38.3 Å².